The Labute approximate surface area is 147 Å². The molecule has 0 aliphatic rings. The smallest absolute Gasteiger partial charge is 0.169 e. The third kappa shape index (κ3) is 4.77. The molecule has 0 fully saturated rings. The predicted molar refractivity (Wildman–Crippen MR) is 99.4 cm³/mol. The quantitative estimate of drug-likeness (QED) is 0.397. The SMILES string of the molecule is CCCCCCOc1c(OC)cc(OCCBr)c2ccccc12. The minimum absolute atomic E-state index is 0.615. The zero-order chi connectivity index (χ0) is 16.5. The summed E-state index contributed by atoms with van der Waals surface area (Å²) in [5, 5.41) is 2.88. The molecule has 0 aromatic heterocycles. The molecule has 0 heterocycles. The Balaban J connectivity index is 2.27. The van der Waals surface area contributed by atoms with Gasteiger partial charge in [0, 0.05) is 22.2 Å². The molecule has 0 atom stereocenters. The first-order valence-electron chi connectivity index (χ1n) is 8.23. The van der Waals surface area contributed by atoms with Crippen LogP contribution in [0.1, 0.15) is 32.6 Å². The van der Waals surface area contributed by atoms with Gasteiger partial charge in [0.25, 0.3) is 0 Å². The van der Waals surface area contributed by atoms with Crippen LogP contribution in [0, 0.1) is 0 Å². The molecular weight excluding hydrogens is 356 g/mol. The Morgan fingerprint density at radius 3 is 2.39 bits per heavy atom. The fourth-order valence-electron chi connectivity index (χ4n) is 2.56. The van der Waals surface area contributed by atoms with Crippen molar-refractivity contribution in [3.8, 4) is 17.2 Å². The molecule has 0 bridgehead atoms. The minimum Gasteiger partial charge on any atom is -0.493 e. The summed E-state index contributed by atoms with van der Waals surface area (Å²) in [5.74, 6) is 2.37. The van der Waals surface area contributed by atoms with Gasteiger partial charge in [0.1, 0.15) is 5.75 Å². The molecule has 2 aromatic carbocycles. The average Bonchev–Trinajstić information content (AvgIpc) is 2.60. The molecule has 0 saturated carbocycles. The summed E-state index contributed by atoms with van der Waals surface area (Å²) in [5.41, 5.74) is 0. The lowest BCUT2D eigenvalue weighted by Crippen LogP contribution is -2.03. The van der Waals surface area contributed by atoms with E-state index < -0.39 is 0 Å². The molecule has 0 radical (unpaired) electrons. The van der Waals surface area contributed by atoms with E-state index in [9.17, 15) is 0 Å². The van der Waals surface area contributed by atoms with Gasteiger partial charge in [0.05, 0.1) is 20.3 Å². The fourth-order valence-corrected chi connectivity index (χ4v) is 2.72. The van der Waals surface area contributed by atoms with E-state index in [0.717, 1.165) is 39.8 Å². The summed E-state index contributed by atoms with van der Waals surface area (Å²) in [7, 11) is 1.67. The van der Waals surface area contributed by atoms with Crippen molar-refractivity contribution in [2.75, 3.05) is 25.7 Å². The molecule has 23 heavy (non-hydrogen) atoms. The van der Waals surface area contributed by atoms with Crippen LogP contribution in [0.15, 0.2) is 30.3 Å². The van der Waals surface area contributed by atoms with Crippen molar-refractivity contribution in [3.05, 3.63) is 30.3 Å². The van der Waals surface area contributed by atoms with Crippen LogP contribution < -0.4 is 14.2 Å². The Kier molecular flexibility index (Phi) is 7.53. The van der Waals surface area contributed by atoms with Gasteiger partial charge < -0.3 is 14.2 Å². The van der Waals surface area contributed by atoms with Crippen LogP contribution in [0.25, 0.3) is 10.8 Å². The van der Waals surface area contributed by atoms with Gasteiger partial charge >= 0.3 is 0 Å². The summed E-state index contributed by atoms with van der Waals surface area (Å²) in [6.07, 6.45) is 4.74. The number of hydrogen-bond acceptors (Lipinski definition) is 3. The molecule has 0 aliphatic heterocycles. The first-order chi connectivity index (χ1) is 11.3. The van der Waals surface area contributed by atoms with Crippen LogP contribution in [0.3, 0.4) is 0 Å². The largest absolute Gasteiger partial charge is 0.493 e. The fraction of sp³-hybridized carbons (Fsp3) is 0.474. The Hall–Kier alpha value is -1.42. The van der Waals surface area contributed by atoms with Crippen molar-refractivity contribution in [3.63, 3.8) is 0 Å². The highest BCUT2D eigenvalue weighted by molar-refractivity contribution is 9.09. The van der Waals surface area contributed by atoms with E-state index in [1.54, 1.807) is 7.11 Å². The van der Waals surface area contributed by atoms with E-state index in [2.05, 4.69) is 35.0 Å². The second-order valence-electron chi connectivity index (χ2n) is 5.40. The lowest BCUT2D eigenvalue weighted by Gasteiger charge is -2.16. The normalized spacial score (nSPS) is 10.7. The van der Waals surface area contributed by atoms with Crippen LogP contribution in [-0.4, -0.2) is 25.7 Å². The van der Waals surface area contributed by atoms with Crippen molar-refractivity contribution in [2.24, 2.45) is 0 Å². The summed E-state index contributed by atoms with van der Waals surface area (Å²) >= 11 is 3.39. The third-order valence-corrected chi connectivity index (χ3v) is 4.05. The van der Waals surface area contributed by atoms with Gasteiger partial charge in [-0.15, -0.1) is 0 Å². The van der Waals surface area contributed by atoms with Gasteiger partial charge in [0.2, 0.25) is 0 Å². The molecule has 126 valence electrons. The first-order valence-corrected chi connectivity index (χ1v) is 9.35. The van der Waals surface area contributed by atoms with Gasteiger partial charge in [-0.2, -0.15) is 0 Å². The molecule has 2 rings (SSSR count). The highest BCUT2D eigenvalue weighted by atomic mass is 79.9. The van der Waals surface area contributed by atoms with E-state index in [-0.39, 0.29) is 0 Å². The number of halogens is 1. The number of ether oxygens (including phenoxy) is 3. The van der Waals surface area contributed by atoms with Crippen molar-refractivity contribution in [1.29, 1.82) is 0 Å². The number of fused-ring (bicyclic) bond motifs is 1. The highest BCUT2D eigenvalue weighted by Gasteiger charge is 2.14. The van der Waals surface area contributed by atoms with Crippen molar-refractivity contribution in [2.45, 2.75) is 32.6 Å². The highest BCUT2D eigenvalue weighted by Crippen LogP contribution is 2.41. The van der Waals surface area contributed by atoms with Crippen LogP contribution in [0.4, 0.5) is 0 Å². The molecule has 0 unspecified atom stereocenters. The lowest BCUT2D eigenvalue weighted by atomic mass is 10.1. The summed E-state index contributed by atoms with van der Waals surface area (Å²) in [6, 6.07) is 10.1. The van der Waals surface area contributed by atoms with Crippen molar-refractivity contribution in [1.82, 2.24) is 0 Å². The zero-order valence-electron chi connectivity index (χ0n) is 13.9. The van der Waals surface area contributed by atoms with E-state index in [1.807, 2.05) is 18.2 Å². The number of methoxy groups -OCH3 is 1. The molecule has 3 nitrogen and oxygen atoms in total. The Bertz CT molecular complexity index is 613. The van der Waals surface area contributed by atoms with Crippen LogP contribution >= 0.6 is 15.9 Å². The Morgan fingerprint density at radius 1 is 0.913 bits per heavy atom. The van der Waals surface area contributed by atoms with Gasteiger partial charge in [-0.25, -0.2) is 0 Å². The van der Waals surface area contributed by atoms with Gasteiger partial charge in [-0.1, -0.05) is 66.4 Å². The number of rotatable bonds is 10. The summed E-state index contributed by atoms with van der Waals surface area (Å²) < 4.78 is 17.4. The number of alkyl halides is 1. The standard InChI is InChI=1S/C19H25BrO3/c1-3-4-5-8-12-23-19-16-10-7-6-9-15(16)17(22-13-11-20)14-18(19)21-2/h6-7,9-10,14H,3-5,8,11-13H2,1-2H3. The molecule has 0 amide bonds. The van der Waals surface area contributed by atoms with E-state index in [4.69, 9.17) is 14.2 Å². The van der Waals surface area contributed by atoms with Gasteiger partial charge in [0.15, 0.2) is 11.5 Å². The minimum atomic E-state index is 0.615. The monoisotopic (exact) mass is 380 g/mol. The molecule has 0 spiro atoms. The molecule has 4 heteroatoms. The van der Waals surface area contributed by atoms with E-state index in [0.29, 0.717) is 13.2 Å². The van der Waals surface area contributed by atoms with Gasteiger partial charge in [-0.3, -0.25) is 0 Å². The second kappa shape index (κ2) is 9.66. The van der Waals surface area contributed by atoms with Gasteiger partial charge in [-0.05, 0) is 6.42 Å². The lowest BCUT2D eigenvalue weighted by molar-refractivity contribution is 0.286. The van der Waals surface area contributed by atoms with Crippen molar-refractivity contribution < 1.29 is 14.2 Å². The molecule has 0 saturated heterocycles. The maximum atomic E-state index is 6.06. The molecule has 2 aromatic rings. The summed E-state index contributed by atoms with van der Waals surface area (Å²) in [6.45, 7) is 3.54. The first kappa shape index (κ1) is 17.9. The van der Waals surface area contributed by atoms with Crippen LogP contribution in [0.5, 0.6) is 17.2 Å². The van der Waals surface area contributed by atoms with Crippen molar-refractivity contribution >= 4 is 26.7 Å². The van der Waals surface area contributed by atoms with Crippen LogP contribution in [-0.2, 0) is 0 Å². The molecule has 0 aliphatic carbocycles. The Morgan fingerprint density at radius 2 is 1.70 bits per heavy atom. The summed E-state index contributed by atoms with van der Waals surface area (Å²) in [4.78, 5) is 0. The van der Waals surface area contributed by atoms with E-state index in [1.165, 1.54) is 19.3 Å². The maximum Gasteiger partial charge on any atom is 0.169 e. The topological polar surface area (TPSA) is 27.7 Å². The average molecular weight is 381 g/mol. The molecule has 0 N–H and O–H groups in total. The maximum absolute atomic E-state index is 6.06. The molecular formula is C19H25BrO3. The second-order valence-corrected chi connectivity index (χ2v) is 6.19. The zero-order valence-corrected chi connectivity index (χ0v) is 15.5. The number of hydrogen-bond donors (Lipinski definition) is 0. The number of unbranched alkanes of at least 4 members (excludes halogenated alkanes) is 3. The van der Waals surface area contributed by atoms with Crippen LogP contribution in [0.2, 0.25) is 0 Å². The van der Waals surface area contributed by atoms with E-state index >= 15 is 0 Å². The number of benzene rings is 2. The third-order valence-electron chi connectivity index (χ3n) is 3.72. The predicted octanol–water partition coefficient (Wildman–Crippen LogP) is 5.58.